The Morgan fingerprint density at radius 3 is 2.75 bits per heavy atom. The van der Waals surface area contributed by atoms with Gasteiger partial charge in [-0.1, -0.05) is 31.5 Å². The fraction of sp³-hybridized carbons (Fsp3) is 0.562. The summed E-state index contributed by atoms with van der Waals surface area (Å²) in [7, 11) is 0. The number of amides is 1. The summed E-state index contributed by atoms with van der Waals surface area (Å²) in [6.45, 7) is 6.11. The van der Waals surface area contributed by atoms with Gasteiger partial charge in [0.05, 0.1) is 10.6 Å². The van der Waals surface area contributed by atoms with Crippen LogP contribution in [0.15, 0.2) is 18.2 Å². The SMILES string of the molecule is CC(C)C1CCCN(C(=O)c2c(N)cccc2Cl)CC1. The van der Waals surface area contributed by atoms with E-state index in [9.17, 15) is 4.79 Å². The van der Waals surface area contributed by atoms with Gasteiger partial charge < -0.3 is 10.6 Å². The van der Waals surface area contributed by atoms with Crippen LogP contribution >= 0.6 is 11.6 Å². The molecule has 3 nitrogen and oxygen atoms in total. The molecule has 20 heavy (non-hydrogen) atoms. The van der Waals surface area contributed by atoms with Gasteiger partial charge in [0.25, 0.3) is 5.91 Å². The molecule has 4 heteroatoms. The van der Waals surface area contributed by atoms with E-state index in [1.165, 1.54) is 6.42 Å². The average Bonchev–Trinajstić information content (AvgIpc) is 2.64. The van der Waals surface area contributed by atoms with Crippen LogP contribution in [0.1, 0.15) is 43.5 Å². The number of nitrogen functional groups attached to an aromatic ring is 1. The van der Waals surface area contributed by atoms with Gasteiger partial charge in [0.15, 0.2) is 0 Å². The minimum absolute atomic E-state index is 0.0301. The Balaban J connectivity index is 2.14. The molecule has 1 aromatic carbocycles. The third-order valence-electron chi connectivity index (χ3n) is 4.26. The zero-order chi connectivity index (χ0) is 14.7. The summed E-state index contributed by atoms with van der Waals surface area (Å²) in [5.41, 5.74) is 6.83. The van der Waals surface area contributed by atoms with Crippen LogP contribution in [0.4, 0.5) is 5.69 Å². The summed E-state index contributed by atoms with van der Waals surface area (Å²) in [5, 5.41) is 0.444. The molecule has 1 heterocycles. The van der Waals surface area contributed by atoms with Crippen LogP contribution in [0.3, 0.4) is 0 Å². The van der Waals surface area contributed by atoms with Crippen LogP contribution in [-0.4, -0.2) is 23.9 Å². The second kappa shape index (κ2) is 6.49. The van der Waals surface area contributed by atoms with Gasteiger partial charge in [-0.25, -0.2) is 0 Å². The third-order valence-corrected chi connectivity index (χ3v) is 4.58. The number of anilines is 1. The van der Waals surface area contributed by atoms with Crippen molar-refractivity contribution in [1.82, 2.24) is 4.90 Å². The Morgan fingerprint density at radius 1 is 1.35 bits per heavy atom. The topological polar surface area (TPSA) is 46.3 Å². The van der Waals surface area contributed by atoms with E-state index in [2.05, 4.69) is 13.8 Å². The van der Waals surface area contributed by atoms with E-state index in [0.717, 1.165) is 25.9 Å². The van der Waals surface area contributed by atoms with Crippen molar-refractivity contribution in [3.8, 4) is 0 Å². The van der Waals surface area contributed by atoms with Gasteiger partial charge in [0.1, 0.15) is 0 Å². The summed E-state index contributed by atoms with van der Waals surface area (Å²) in [4.78, 5) is 14.5. The smallest absolute Gasteiger partial charge is 0.257 e. The highest BCUT2D eigenvalue weighted by Crippen LogP contribution is 2.28. The van der Waals surface area contributed by atoms with Gasteiger partial charge in [0, 0.05) is 18.8 Å². The molecule has 0 spiro atoms. The van der Waals surface area contributed by atoms with Crippen LogP contribution in [0.25, 0.3) is 0 Å². The molecule has 1 saturated heterocycles. The first-order chi connectivity index (χ1) is 9.50. The molecule has 1 amide bonds. The lowest BCUT2D eigenvalue weighted by atomic mass is 9.89. The Bertz CT molecular complexity index is 467. The van der Waals surface area contributed by atoms with Crippen molar-refractivity contribution >= 4 is 23.2 Å². The fourth-order valence-corrected chi connectivity index (χ4v) is 3.18. The van der Waals surface area contributed by atoms with Gasteiger partial charge in [-0.3, -0.25) is 4.79 Å². The second-order valence-electron chi connectivity index (χ2n) is 5.93. The van der Waals surface area contributed by atoms with Crippen molar-refractivity contribution in [1.29, 1.82) is 0 Å². The van der Waals surface area contributed by atoms with Crippen LogP contribution in [0, 0.1) is 11.8 Å². The molecule has 2 rings (SSSR count). The Labute approximate surface area is 126 Å². The molecule has 0 aromatic heterocycles. The Kier molecular flexibility index (Phi) is 4.92. The maximum atomic E-state index is 12.6. The summed E-state index contributed by atoms with van der Waals surface area (Å²) < 4.78 is 0. The molecule has 1 aliphatic heterocycles. The number of rotatable bonds is 2. The summed E-state index contributed by atoms with van der Waals surface area (Å²) >= 11 is 6.14. The molecule has 1 atom stereocenters. The van der Waals surface area contributed by atoms with E-state index in [0.29, 0.717) is 28.1 Å². The number of likely N-dealkylation sites (tertiary alicyclic amines) is 1. The van der Waals surface area contributed by atoms with E-state index < -0.39 is 0 Å². The number of nitrogens with zero attached hydrogens (tertiary/aromatic N) is 1. The molecule has 0 bridgehead atoms. The number of hydrogen-bond donors (Lipinski definition) is 1. The first-order valence-electron chi connectivity index (χ1n) is 7.34. The lowest BCUT2D eigenvalue weighted by molar-refractivity contribution is 0.0760. The zero-order valence-electron chi connectivity index (χ0n) is 12.2. The number of carbonyl (C=O) groups is 1. The predicted octanol–water partition coefficient (Wildman–Crippen LogP) is 3.82. The number of hydrogen-bond acceptors (Lipinski definition) is 2. The Hall–Kier alpha value is -1.22. The van der Waals surface area contributed by atoms with Crippen molar-refractivity contribution in [2.75, 3.05) is 18.8 Å². The van der Waals surface area contributed by atoms with Crippen LogP contribution < -0.4 is 5.73 Å². The van der Waals surface area contributed by atoms with Gasteiger partial charge in [0.2, 0.25) is 0 Å². The van der Waals surface area contributed by atoms with Crippen molar-refractivity contribution in [2.24, 2.45) is 11.8 Å². The molecule has 0 aliphatic carbocycles. The Morgan fingerprint density at radius 2 is 2.10 bits per heavy atom. The fourth-order valence-electron chi connectivity index (χ4n) is 2.92. The summed E-state index contributed by atoms with van der Waals surface area (Å²) in [6.07, 6.45) is 3.31. The molecule has 1 fully saturated rings. The number of nitrogens with two attached hydrogens (primary N) is 1. The minimum atomic E-state index is -0.0301. The molecule has 1 unspecified atom stereocenters. The highest BCUT2D eigenvalue weighted by atomic mass is 35.5. The quantitative estimate of drug-likeness (QED) is 0.843. The van der Waals surface area contributed by atoms with Gasteiger partial charge in [-0.2, -0.15) is 0 Å². The van der Waals surface area contributed by atoms with Crippen LogP contribution in [0.5, 0.6) is 0 Å². The molecule has 2 N–H and O–H groups in total. The maximum absolute atomic E-state index is 12.6. The summed E-state index contributed by atoms with van der Waals surface area (Å²) in [6, 6.07) is 5.22. The molecule has 1 aromatic rings. The largest absolute Gasteiger partial charge is 0.398 e. The molecule has 0 radical (unpaired) electrons. The average molecular weight is 295 g/mol. The highest BCUT2D eigenvalue weighted by molar-refractivity contribution is 6.34. The number of carbonyl (C=O) groups excluding carboxylic acids is 1. The first kappa shape index (κ1) is 15.2. The van der Waals surface area contributed by atoms with E-state index in [4.69, 9.17) is 17.3 Å². The maximum Gasteiger partial charge on any atom is 0.257 e. The van der Waals surface area contributed by atoms with E-state index in [1.54, 1.807) is 18.2 Å². The number of halogens is 1. The van der Waals surface area contributed by atoms with E-state index >= 15 is 0 Å². The normalized spacial score (nSPS) is 20.0. The number of benzene rings is 1. The van der Waals surface area contributed by atoms with Crippen molar-refractivity contribution in [3.63, 3.8) is 0 Å². The lowest BCUT2D eigenvalue weighted by Crippen LogP contribution is -2.32. The minimum Gasteiger partial charge on any atom is -0.398 e. The highest BCUT2D eigenvalue weighted by Gasteiger charge is 2.25. The molecule has 110 valence electrons. The monoisotopic (exact) mass is 294 g/mol. The standard InChI is InChI=1S/C16H23ClN2O/c1-11(2)12-5-4-9-19(10-8-12)16(20)15-13(17)6-3-7-14(15)18/h3,6-7,11-12H,4-5,8-10,18H2,1-2H3. The van der Waals surface area contributed by atoms with Crippen LogP contribution in [-0.2, 0) is 0 Å². The molecular formula is C16H23ClN2O. The van der Waals surface area contributed by atoms with Crippen LogP contribution in [0.2, 0.25) is 5.02 Å². The third kappa shape index (κ3) is 3.26. The molecular weight excluding hydrogens is 272 g/mol. The van der Waals surface area contributed by atoms with Gasteiger partial charge >= 0.3 is 0 Å². The van der Waals surface area contributed by atoms with Crippen molar-refractivity contribution in [3.05, 3.63) is 28.8 Å². The molecule has 0 saturated carbocycles. The zero-order valence-corrected chi connectivity index (χ0v) is 13.0. The van der Waals surface area contributed by atoms with E-state index in [-0.39, 0.29) is 5.91 Å². The first-order valence-corrected chi connectivity index (χ1v) is 7.71. The van der Waals surface area contributed by atoms with Crippen molar-refractivity contribution in [2.45, 2.75) is 33.1 Å². The van der Waals surface area contributed by atoms with Crippen molar-refractivity contribution < 1.29 is 4.79 Å². The molecule has 1 aliphatic rings. The lowest BCUT2D eigenvalue weighted by Gasteiger charge is -2.22. The summed E-state index contributed by atoms with van der Waals surface area (Å²) in [5.74, 6) is 1.35. The van der Waals surface area contributed by atoms with Gasteiger partial charge in [-0.05, 0) is 43.2 Å². The second-order valence-corrected chi connectivity index (χ2v) is 6.34. The van der Waals surface area contributed by atoms with E-state index in [1.807, 2.05) is 4.90 Å². The predicted molar refractivity (Wildman–Crippen MR) is 83.9 cm³/mol. The van der Waals surface area contributed by atoms with Gasteiger partial charge in [-0.15, -0.1) is 0 Å².